The van der Waals surface area contributed by atoms with Crippen LogP contribution in [0.2, 0.25) is 0 Å². The van der Waals surface area contributed by atoms with E-state index < -0.39 is 22.0 Å². The summed E-state index contributed by atoms with van der Waals surface area (Å²) in [6, 6.07) is 0. The van der Waals surface area contributed by atoms with Gasteiger partial charge in [0.1, 0.15) is 0 Å². The fraction of sp³-hybridized carbons (Fsp3) is 1.00. The van der Waals surface area contributed by atoms with E-state index in [1.165, 1.54) is 0 Å². The van der Waals surface area contributed by atoms with Crippen molar-refractivity contribution < 1.29 is 33.3 Å². The average Bonchev–Trinajstić information content (AvgIpc) is 2.28. The summed E-state index contributed by atoms with van der Waals surface area (Å²) in [6.45, 7) is 5.58. The molecule has 0 N–H and O–H groups in total. The maximum atomic E-state index is 5.66. The van der Waals surface area contributed by atoms with Gasteiger partial charge in [0.25, 0.3) is 0 Å². The summed E-state index contributed by atoms with van der Waals surface area (Å²) in [5.41, 5.74) is 0. The molecule has 4 nitrogen and oxygen atoms in total. The van der Waals surface area contributed by atoms with Gasteiger partial charge in [0.2, 0.25) is 0 Å². The minimum absolute atomic E-state index is 0.667. The van der Waals surface area contributed by atoms with Crippen molar-refractivity contribution in [2.24, 2.45) is 0 Å². The maximum absolute atomic E-state index is 5.66. The van der Waals surface area contributed by atoms with Gasteiger partial charge in [-0.15, -0.1) is 0 Å². The zero-order valence-electron chi connectivity index (χ0n) is 10.4. The molecule has 0 aromatic heterocycles. The molecule has 0 aliphatic heterocycles. The molecule has 0 amide bonds. The summed E-state index contributed by atoms with van der Waals surface area (Å²) < 4.78 is 22.0. The minimum atomic E-state index is -3.59. The van der Waals surface area contributed by atoms with E-state index in [2.05, 4.69) is 13.8 Å². The molecule has 0 saturated carbocycles. The van der Waals surface area contributed by atoms with Crippen LogP contribution in [0.1, 0.15) is 39.5 Å². The zero-order valence-corrected chi connectivity index (χ0v) is 12.8. The second kappa shape index (κ2) is 9.91. The first-order valence-corrected chi connectivity index (χ1v) is 9.64. The molecule has 0 saturated heterocycles. The molecule has 0 heterocycles. The normalized spacial score (nSPS) is 12.0. The standard InChI is InChI=1S/2C4H9O.2CH3O.Zr/c2*1-2-3-4-5;2*1-2;/h2*2-4H2,1H3;2*1H3;/q4*-1;+4. The third-order valence-electron chi connectivity index (χ3n) is 2.05. The van der Waals surface area contributed by atoms with Crippen LogP contribution in [0, 0.1) is 0 Å². The summed E-state index contributed by atoms with van der Waals surface area (Å²) in [6.07, 6.45) is 4.24. The Morgan fingerprint density at radius 3 is 1.47 bits per heavy atom. The van der Waals surface area contributed by atoms with Gasteiger partial charge in [-0.25, -0.2) is 0 Å². The van der Waals surface area contributed by atoms with Crippen LogP contribution in [-0.2, 0) is 33.3 Å². The van der Waals surface area contributed by atoms with E-state index in [0.717, 1.165) is 25.7 Å². The Hall–Kier alpha value is 0.723. The van der Waals surface area contributed by atoms with Crippen molar-refractivity contribution in [1.29, 1.82) is 0 Å². The number of rotatable bonds is 10. The summed E-state index contributed by atoms with van der Waals surface area (Å²) in [4.78, 5) is 0. The van der Waals surface area contributed by atoms with Crippen molar-refractivity contribution in [3.8, 4) is 0 Å². The van der Waals surface area contributed by atoms with Crippen molar-refractivity contribution in [2.75, 3.05) is 27.4 Å². The van der Waals surface area contributed by atoms with Crippen LogP contribution in [0.4, 0.5) is 0 Å². The second-order valence-electron chi connectivity index (χ2n) is 3.31. The topological polar surface area (TPSA) is 36.9 Å². The molecule has 15 heavy (non-hydrogen) atoms. The molecule has 0 unspecified atom stereocenters. The predicted molar refractivity (Wildman–Crippen MR) is 55.7 cm³/mol. The molecule has 0 atom stereocenters. The molecule has 92 valence electrons. The Kier molecular flexibility index (Phi) is 10.4. The molecule has 0 aliphatic carbocycles. The molecule has 0 rings (SSSR count). The Morgan fingerprint density at radius 1 is 0.800 bits per heavy atom. The third-order valence-corrected chi connectivity index (χ3v) is 7.25. The van der Waals surface area contributed by atoms with Crippen molar-refractivity contribution in [3.63, 3.8) is 0 Å². The second-order valence-corrected chi connectivity index (χ2v) is 9.20. The SMILES string of the molecule is CCCC[O][Zr]([O]C)([O]C)[O]CCCC. The van der Waals surface area contributed by atoms with E-state index >= 15 is 0 Å². The van der Waals surface area contributed by atoms with Crippen LogP contribution in [-0.4, -0.2) is 27.4 Å². The average molecular weight is 300 g/mol. The van der Waals surface area contributed by atoms with E-state index in [1.54, 1.807) is 14.2 Å². The van der Waals surface area contributed by atoms with Gasteiger partial charge in [-0.05, 0) is 0 Å². The van der Waals surface area contributed by atoms with Gasteiger partial charge in [-0.1, -0.05) is 0 Å². The number of hydrogen-bond donors (Lipinski definition) is 0. The van der Waals surface area contributed by atoms with Gasteiger partial charge in [0, 0.05) is 0 Å². The van der Waals surface area contributed by atoms with E-state index in [1.807, 2.05) is 0 Å². The van der Waals surface area contributed by atoms with E-state index in [9.17, 15) is 0 Å². The van der Waals surface area contributed by atoms with Crippen LogP contribution in [0.15, 0.2) is 0 Å². The third kappa shape index (κ3) is 6.80. The molecular formula is C10H24O4Zr. The van der Waals surface area contributed by atoms with Crippen LogP contribution in [0.5, 0.6) is 0 Å². The molecular weight excluding hydrogens is 275 g/mol. The molecule has 0 bridgehead atoms. The van der Waals surface area contributed by atoms with Crippen molar-refractivity contribution in [3.05, 3.63) is 0 Å². The Labute approximate surface area is 100 Å². The van der Waals surface area contributed by atoms with Crippen molar-refractivity contribution >= 4 is 0 Å². The van der Waals surface area contributed by atoms with Gasteiger partial charge in [0.05, 0.1) is 0 Å². The predicted octanol–water partition coefficient (Wildman–Crippen LogP) is 2.73. The van der Waals surface area contributed by atoms with Gasteiger partial charge in [0.15, 0.2) is 0 Å². The Morgan fingerprint density at radius 2 is 1.20 bits per heavy atom. The monoisotopic (exact) mass is 298 g/mol. The molecule has 0 aromatic carbocycles. The van der Waals surface area contributed by atoms with Crippen LogP contribution in [0.25, 0.3) is 0 Å². The van der Waals surface area contributed by atoms with Gasteiger partial charge in [-0.3, -0.25) is 0 Å². The molecule has 0 fully saturated rings. The van der Waals surface area contributed by atoms with E-state index in [4.69, 9.17) is 11.3 Å². The van der Waals surface area contributed by atoms with E-state index in [0.29, 0.717) is 13.2 Å². The summed E-state index contributed by atoms with van der Waals surface area (Å²) in [5.74, 6) is 0. The molecule has 5 heteroatoms. The summed E-state index contributed by atoms with van der Waals surface area (Å²) in [7, 11) is 3.22. The molecule has 0 spiro atoms. The fourth-order valence-corrected chi connectivity index (χ4v) is 4.76. The fourth-order valence-electron chi connectivity index (χ4n) is 1.04. The first-order valence-electron chi connectivity index (χ1n) is 5.62. The first-order chi connectivity index (χ1) is 7.24. The zero-order chi connectivity index (χ0) is 11.6. The van der Waals surface area contributed by atoms with Gasteiger partial charge >= 0.3 is 100 Å². The molecule has 0 aliphatic rings. The van der Waals surface area contributed by atoms with Crippen molar-refractivity contribution in [2.45, 2.75) is 39.5 Å². The van der Waals surface area contributed by atoms with Crippen molar-refractivity contribution in [1.82, 2.24) is 0 Å². The first kappa shape index (κ1) is 15.7. The number of hydrogen-bond acceptors (Lipinski definition) is 4. The van der Waals surface area contributed by atoms with Crippen LogP contribution >= 0.6 is 0 Å². The van der Waals surface area contributed by atoms with E-state index in [-0.39, 0.29) is 0 Å². The van der Waals surface area contributed by atoms with Crippen LogP contribution < -0.4 is 0 Å². The summed E-state index contributed by atoms with van der Waals surface area (Å²) >= 11 is -3.59. The Bertz CT molecular complexity index is 127. The summed E-state index contributed by atoms with van der Waals surface area (Å²) in [5, 5.41) is 0. The number of unbranched alkanes of at least 4 members (excludes halogenated alkanes) is 2. The Balaban J connectivity index is 3.93. The van der Waals surface area contributed by atoms with Crippen LogP contribution in [0.3, 0.4) is 0 Å². The quantitative estimate of drug-likeness (QED) is 0.581. The molecule has 0 aromatic rings. The van der Waals surface area contributed by atoms with Gasteiger partial charge < -0.3 is 0 Å². The molecule has 0 radical (unpaired) electrons. The van der Waals surface area contributed by atoms with Gasteiger partial charge in [-0.2, -0.15) is 0 Å².